The van der Waals surface area contributed by atoms with Gasteiger partial charge in [0.05, 0.1) is 19.0 Å². The number of ether oxygens (including phenoxy) is 1. The van der Waals surface area contributed by atoms with Gasteiger partial charge in [-0.3, -0.25) is 0 Å². The van der Waals surface area contributed by atoms with E-state index >= 15 is 0 Å². The molecule has 0 saturated heterocycles. The van der Waals surface area contributed by atoms with Gasteiger partial charge in [-0.15, -0.1) is 0 Å². The van der Waals surface area contributed by atoms with E-state index in [9.17, 15) is 0 Å². The summed E-state index contributed by atoms with van der Waals surface area (Å²) in [6.45, 7) is 4.11. The van der Waals surface area contributed by atoms with Crippen LogP contribution in [0.15, 0.2) is 24.4 Å². The van der Waals surface area contributed by atoms with Crippen molar-refractivity contribution in [3.8, 4) is 17.1 Å². The van der Waals surface area contributed by atoms with Crippen molar-refractivity contribution in [2.45, 2.75) is 13.8 Å². The number of nitrogens with zero attached hydrogens (tertiary/aromatic N) is 2. The van der Waals surface area contributed by atoms with Gasteiger partial charge < -0.3 is 10.5 Å². The Balaban J connectivity index is 2.53. The molecule has 0 aliphatic rings. The first-order valence-corrected chi connectivity index (χ1v) is 5.36. The van der Waals surface area contributed by atoms with Crippen molar-refractivity contribution in [2.24, 2.45) is 0 Å². The molecule has 0 atom stereocenters. The number of anilines is 1. The lowest BCUT2D eigenvalue weighted by Gasteiger charge is -2.08. The molecule has 4 heteroatoms. The number of aromatic nitrogens is 2. The lowest BCUT2D eigenvalue weighted by Crippen LogP contribution is -2.00. The summed E-state index contributed by atoms with van der Waals surface area (Å²) in [7, 11) is 1.53. The molecule has 0 spiro atoms. The van der Waals surface area contributed by atoms with Crippen LogP contribution >= 0.6 is 0 Å². The van der Waals surface area contributed by atoms with Gasteiger partial charge in [-0.25, -0.2) is 9.97 Å². The number of methoxy groups -OCH3 is 1. The molecule has 0 bridgehead atoms. The third kappa shape index (κ3) is 2.20. The largest absolute Gasteiger partial charge is 0.478 e. The third-order valence-corrected chi connectivity index (χ3v) is 2.62. The van der Waals surface area contributed by atoms with Gasteiger partial charge in [0, 0.05) is 5.56 Å². The molecular formula is C13H15N3O. The van der Waals surface area contributed by atoms with Crippen molar-refractivity contribution in [3.05, 3.63) is 35.5 Å². The van der Waals surface area contributed by atoms with Gasteiger partial charge >= 0.3 is 0 Å². The van der Waals surface area contributed by atoms with E-state index in [1.54, 1.807) is 6.20 Å². The van der Waals surface area contributed by atoms with Gasteiger partial charge in [0.2, 0.25) is 0 Å². The molecule has 17 heavy (non-hydrogen) atoms. The van der Waals surface area contributed by atoms with Gasteiger partial charge in [-0.1, -0.05) is 23.8 Å². The Labute approximate surface area is 100 Å². The van der Waals surface area contributed by atoms with Gasteiger partial charge in [-0.05, 0) is 19.4 Å². The molecule has 2 N–H and O–H groups in total. The number of hydrogen-bond donors (Lipinski definition) is 1. The van der Waals surface area contributed by atoms with Crippen LogP contribution < -0.4 is 10.5 Å². The molecule has 0 radical (unpaired) electrons. The minimum Gasteiger partial charge on any atom is -0.478 e. The Morgan fingerprint density at radius 2 is 2.00 bits per heavy atom. The predicted octanol–water partition coefficient (Wildman–Crippen LogP) is 2.35. The zero-order valence-electron chi connectivity index (χ0n) is 10.2. The summed E-state index contributed by atoms with van der Waals surface area (Å²) >= 11 is 0. The molecule has 1 heterocycles. The molecule has 1 aromatic heterocycles. The monoisotopic (exact) mass is 229 g/mol. The van der Waals surface area contributed by atoms with Crippen LogP contribution in [0.25, 0.3) is 11.3 Å². The zero-order chi connectivity index (χ0) is 12.4. The maximum absolute atomic E-state index is 5.64. The minimum atomic E-state index is 0.306. The SMILES string of the molecule is COc1nc(-c2ccc(C)cc2C)cnc1N. The first kappa shape index (κ1) is 11.4. The van der Waals surface area contributed by atoms with Crippen molar-refractivity contribution < 1.29 is 4.74 Å². The maximum atomic E-state index is 5.64. The normalized spacial score (nSPS) is 10.3. The second-order valence-corrected chi connectivity index (χ2v) is 3.97. The summed E-state index contributed by atoms with van der Waals surface area (Å²) in [4.78, 5) is 8.42. The van der Waals surface area contributed by atoms with E-state index in [1.807, 2.05) is 19.1 Å². The molecule has 0 saturated carbocycles. The molecule has 2 rings (SSSR count). The highest BCUT2D eigenvalue weighted by molar-refractivity contribution is 5.64. The first-order valence-electron chi connectivity index (χ1n) is 5.36. The highest BCUT2D eigenvalue weighted by Crippen LogP contribution is 2.25. The fourth-order valence-electron chi connectivity index (χ4n) is 1.76. The predicted molar refractivity (Wildman–Crippen MR) is 67.9 cm³/mol. The molecule has 0 aliphatic heterocycles. The van der Waals surface area contributed by atoms with Gasteiger partial charge in [0.25, 0.3) is 5.88 Å². The lowest BCUT2D eigenvalue weighted by molar-refractivity contribution is 0.399. The number of benzene rings is 1. The number of nitrogens with two attached hydrogens (primary N) is 1. The Kier molecular flexibility index (Phi) is 2.95. The second-order valence-electron chi connectivity index (χ2n) is 3.97. The van der Waals surface area contributed by atoms with Crippen LogP contribution in [0.2, 0.25) is 0 Å². The van der Waals surface area contributed by atoms with Crippen molar-refractivity contribution in [3.63, 3.8) is 0 Å². The van der Waals surface area contributed by atoms with E-state index in [0.717, 1.165) is 16.8 Å². The lowest BCUT2D eigenvalue weighted by atomic mass is 10.0. The number of rotatable bonds is 2. The Hall–Kier alpha value is -2.10. The van der Waals surface area contributed by atoms with Crippen molar-refractivity contribution in [1.82, 2.24) is 9.97 Å². The standard InChI is InChI=1S/C13H15N3O/c1-8-4-5-10(9(2)6-8)11-7-15-12(14)13(16-11)17-3/h4-7H,1-3H3,(H2,14,15). The van der Waals surface area contributed by atoms with E-state index in [2.05, 4.69) is 23.0 Å². The summed E-state index contributed by atoms with van der Waals surface area (Å²) in [5, 5.41) is 0. The van der Waals surface area contributed by atoms with Crippen LogP contribution in [0.5, 0.6) is 5.88 Å². The fraction of sp³-hybridized carbons (Fsp3) is 0.231. The van der Waals surface area contributed by atoms with Crippen molar-refractivity contribution >= 4 is 5.82 Å². The van der Waals surface area contributed by atoms with Crippen LogP contribution in [-0.2, 0) is 0 Å². The van der Waals surface area contributed by atoms with Crippen molar-refractivity contribution in [1.29, 1.82) is 0 Å². The van der Waals surface area contributed by atoms with Gasteiger partial charge in [0.15, 0.2) is 5.82 Å². The Morgan fingerprint density at radius 1 is 1.24 bits per heavy atom. The number of nitrogen functional groups attached to an aromatic ring is 1. The van der Waals surface area contributed by atoms with Crippen LogP contribution in [0.3, 0.4) is 0 Å². The molecule has 4 nitrogen and oxygen atoms in total. The van der Waals surface area contributed by atoms with E-state index in [0.29, 0.717) is 11.7 Å². The van der Waals surface area contributed by atoms with E-state index in [-0.39, 0.29) is 0 Å². The highest BCUT2D eigenvalue weighted by Gasteiger charge is 2.08. The fourth-order valence-corrected chi connectivity index (χ4v) is 1.76. The number of hydrogen-bond acceptors (Lipinski definition) is 4. The van der Waals surface area contributed by atoms with Crippen LogP contribution in [0.4, 0.5) is 5.82 Å². The minimum absolute atomic E-state index is 0.306. The van der Waals surface area contributed by atoms with Crippen LogP contribution in [0, 0.1) is 13.8 Å². The molecule has 88 valence electrons. The first-order chi connectivity index (χ1) is 8.11. The number of aryl methyl sites for hydroxylation is 2. The maximum Gasteiger partial charge on any atom is 0.257 e. The molecule has 1 aromatic carbocycles. The molecule has 0 amide bonds. The Bertz CT molecular complexity index is 552. The molecular weight excluding hydrogens is 214 g/mol. The summed E-state index contributed by atoms with van der Waals surface area (Å²) in [6, 6.07) is 6.19. The highest BCUT2D eigenvalue weighted by atomic mass is 16.5. The summed E-state index contributed by atoms with van der Waals surface area (Å²) in [6.07, 6.45) is 1.66. The van der Waals surface area contributed by atoms with Crippen molar-refractivity contribution in [2.75, 3.05) is 12.8 Å². The second kappa shape index (κ2) is 4.41. The molecule has 2 aromatic rings. The smallest absolute Gasteiger partial charge is 0.257 e. The topological polar surface area (TPSA) is 61.0 Å². The van der Waals surface area contributed by atoms with E-state index in [4.69, 9.17) is 10.5 Å². The summed E-state index contributed by atoms with van der Waals surface area (Å²) in [5.41, 5.74) is 9.84. The average Bonchev–Trinajstić information content (AvgIpc) is 2.30. The van der Waals surface area contributed by atoms with Gasteiger partial charge in [0.1, 0.15) is 0 Å². The Morgan fingerprint density at radius 3 is 2.65 bits per heavy atom. The van der Waals surface area contributed by atoms with Crippen LogP contribution in [0.1, 0.15) is 11.1 Å². The average molecular weight is 229 g/mol. The molecule has 0 unspecified atom stereocenters. The zero-order valence-corrected chi connectivity index (χ0v) is 10.2. The van der Waals surface area contributed by atoms with E-state index in [1.165, 1.54) is 12.7 Å². The van der Waals surface area contributed by atoms with Gasteiger partial charge in [-0.2, -0.15) is 0 Å². The summed E-state index contributed by atoms with van der Waals surface area (Å²) < 4.78 is 5.07. The van der Waals surface area contributed by atoms with Crippen LogP contribution in [-0.4, -0.2) is 17.1 Å². The molecule has 0 aliphatic carbocycles. The van der Waals surface area contributed by atoms with E-state index < -0.39 is 0 Å². The molecule has 0 fully saturated rings. The quantitative estimate of drug-likeness (QED) is 0.858. The summed E-state index contributed by atoms with van der Waals surface area (Å²) in [5.74, 6) is 0.670. The third-order valence-electron chi connectivity index (χ3n) is 2.62.